The molecular weight excluding hydrogens is 308 g/mol. The molecule has 1 atom stereocenters. The fourth-order valence-electron chi connectivity index (χ4n) is 2.76. The molecule has 0 bridgehead atoms. The van der Waals surface area contributed by atoms with Crippen LogP contribution in [0.25, 0.3) is 0 Å². The maximum Gasteiger partial charge on any atom is 0.326 e. The third kappa shape index (κ3) is 4.44. The summed E-state index contributed by atoms with van der Waals surface area (Å²) < 4.78 is 0. The first-order chi connectivity index (χ1) is 11.5. The molecule has 1 aliphatic rings. The minimum atomic E-state index is -1.07. The van der Waals surface area contributed by atoms with E-state index < -0.39 is 12.0 Å². The monoisotopic (exact) mass is 330 g/mol. The van der Waals surface area contributed by atoms with E-state index in [1.807, 2.05) is 24.3 Å². The Morgan fingerprint density at radius 3 is 2.79 bits per heavy atom. The molecule has 1 aromatic rings. The molecule has 128 valence electrons. The number of carbonyl (C=O) groups is 3. The number of hydrogen-bond donors (Lipinski definition) is 2. The standard InChI is InChI=1S/C18H22N2O4/c1-2-3-7-14(18(23)24)19-16(21)11-12-20-15-8-5-4-6-13(15)9-10-17(20)22/h2,4-6,8,14H,1,3,7,9-12H2,(H,19,21)(H,23,24). The van der Waals surface area contributed by atoms with Crippen LogP contribution in [0.2, 0.25) is 0 Å². The number of benzene rings is 1. The van der Waals surface area contributed by atoms with Gasteiger partial charge in [0, 0.05) is 25.1 Å². The molecule has 24 heavy (non-hydrogen) atoms. The first-order valence-electron chi connectivity index (χ1n) is 8.04. The number of aliphatic carboxylic acids is 1. The molecule has 2 rings (SSSR count). The van der Waals surface area contributed by atoms with E-state index >= 15 is 0 Å². The Kier molecular flexibility index (Phi) is 6.12. The van der Waals surface area contributed by atoms with Gasteiger partial charge in [0.15, 0.2) is 0 Å². The van der Waals surface area contributed by atoms with Gasteiger partial charge in [-0.15, -0.1) is 6.58 Å². The van der Waals surface area contributed by atoms with E-state index in [2.05, 4.69) is 11.9 Å². The van der Waals surface area contributed by atoms with Crippen LogP contribution in [-0.4, -0.2) is 35.5 Å². The summed E-state index contributed by atoms with van der Waals surface area (Å²) in [7, 11) is 0. The van der Waals surface area contributed by atoms with Crippen molar-refractivity contribution in [2.24, 2.45) is 0 Å². The van der Waals surface area contributed by atoms with Crippen molar-refractivity contribution in [3.63, 3.8) is 0 Å². The molecule has 2 N–H and O–H groups in total. The van der Waals surface area contributed by atoms with E-state index in [9.17, 15) is 14.4 Å². The zero-order chi connectivity index (χ0) is 17.5. The number of carbonyl (C=O) groups excluding carboxylic acids is 2. The Morgan fingerprint density at radius 1 is 1.33 bits per heavy atom. The van der Waals surface area contributed by atoms with E-state index in [4.69, 9.17) is 5.11 Å². The molecule has 0 aromatic heterocycles. The molecule has 0 spiro atoms. The second kappa shape index (κ2) is 8.29. The van der Waals surface area contributed by atoms with Gasteiger partial charge >= 0.3 is 5.97 Å². The molecule has 1 heterocycles. The Morgan fingerprint density at radius 2 is 2.08 bits per heavy atom. The van der Waals surface area contributed by atoms with Crippen LogP contribution < -0.4 is 10.2 Å². The quantitative estimate of drug-likeness (QED) is 0.713. The zero-order valence-electron chi connectivity index (χ0n) is 13.5. The summed E-state index contributed by atoms with van der Waals surface area (Å²) in [4.78, 5) is 36.9. The Balaban J connectivity index is 1.95. The number of fused-ring (bicyclic) bond motifs is 1. The number of carboxylic acids is 1. The van der Waals surface area contributed by atoms with Crippen molar-refractivity contribution in [3.05, 3.63) is 42.5 Å². The number of amides is 2. The normalized spacial score (nSPS) is 14.7. The van der Waals surface area contributed by atoms with Gasteiger partial charge in [-0.3, -0.25) is 9.59 Å². The van der Waals surface area contributed by atoms with Crippen molar-refractivity contribution in [3.8, 4) is 0 Å². The molecule has 0 saturated heterocycles. The van der Waals surface area contributed by atoms with Crippen molar-refractivity contribution in [2.45, 2.75) is 38.1 Å². The number of aryl methyl sites for hydroxylation is 1. The van der Waals surface area contributed by atoms with Gasteiger partial charge in [0.25, 0.3) is 0 Å². The van der Waals surface area contributed by atoms with Crippen molar-refractivity contribution in [2.75, 3.05) is 11.4 Å². The third-order valence-electron chi connectivity index (χ3n) is 4.05. The predicted octanol–water partition coefficient (Wildman–Crippen LogP) is 1.89. The molecule has 0 radical (unpaired) electrons. The summed E-state index contributed by atoms with van der Waals surface area (Å²) in [5.41, 5.74) is 1.93. The second-order valence-corrected chi connectivity index (χ2v) is 5.75. The van der Waals surface area contributed by atoms with Crippen molar-refractivity contribution < 1.29 is 19.5 Å². The first kappa shape index (κ1) is 17.7. The van der Waals surface area contributed by atoms with Gasteiger partial charge < -0.3 is 15.3 Å². The number of hydrogen-bond acceptors (Lipinski definition) is 3. The largest absolute Gasteiger partial charge is 0.480 e. The van der Waals surface area contributed by atoms with Crippen LogP contribution in [-0.2, 0) is 20.8 Å². The predicted molar refractivity (Wildman–Crippen MR) is 90.7 cm³/mol. The first-order valence-corrected chi connectivity index (χ1v) is 8.04. The van der Waals surface area contributed by atoms with Crippen LogP contribution in [0.1, 0.15) is 31.2 Å². The summed E-state index contributed by atoms with van der Waals surface area (Å²) >= 11 is 0. The van der Waals surface area contributed by atoms with Gasteiger partial charge in [-0.2, -0.15) is 0 Å². The minimum Gasteiger partial charge on any atom is -0.480 e. The highest BCUT2D eigenvalue weighted by molar-refractivity contribution is 5.97. The van der Waals surface area contributed by atoms with E-state index in [0.717, 1.165) is 11.3 Å². The van der Waals surface area contributed by atoms with Gasteiger partial charge in [-0.05, 0) is 30.9 Å². The smallest absolute Gasteiger partial charge is 0.326 e. The summed E-state index contributed by atoms with van der Waals surface area (Å²) in [5, 5.41) is 11.6. The number of allylic oxidation sites excluding steroid dienone is 1. The molecule has 0 saturated carbocycles. The highest BCUT2D eigenvalue weighted by atomic mass is 16.4. The van der Waals surface area contributed by atoms with Gasteiger partial charge in [0.1, 0.15) is 6.04 Å². The summed E-state index contributed by atoms with van der Waals surface area (Å²) in [5.74, 6) is -1.45. The maximum absolute atomic E-state index is 12.1. The lowest BCUT2D eigenvalue weighted by Crippen LogP contribution is -2.43. The van der Waals surface area contributed by atoms with Crippen LogP contribution >= 0.6 is 0 Å². The number of nitrogens with one attached hydrogen (secondary N) is 1. The summed E-state index contributed by atoms with van der Waals surface area (Å²) in [6.07, 6.45) is 3.63. The molecule has 0 aliphatic carbocycles. The molecule has 6 heteroatoms. The second-order valence-electron chi connectivity index (χ2n) is 5.75. The lowest BCUT2D eigenvalue weighted by Gasteiger charge is -2.29. The van der Waals surface area contributed by atoms with Crippen LogP contribution in [0.15, 0.2) is 36.9 Å². The Hall–Kier alpha value is -2.63. The number of nitrogens with zero attached hydrogens (tertiary/aromatic N) is 1. The summed E-state index contributed by atoms with van der Waals surface area (Å²) in [6.45, 7) is 3.79. The zero-order valence-corrected chi connectivity index (χ0v) is 13.5. The molecular formula is C18H22N2O4. The van der Waals surface area contributed by atoms with Crippen molar-refractivity contribution in [1.82, 2.24) is 5.32 Å². The van der Waals surface area contributed by atoms with Crippen molar-refractivity contribution in [1.29, 1.82) is 0 Å². The molecule has 1 aliphatic heterocycles. The highest BCUT2D eigenvalue weighted by Crippen LogP contribution is 2.27. The van der Waals surface area contributed by atoms with Gasteiger partial charge in [0.05, 0.1) is 0 Å². The number of rotatable bonds is 8. The van der Waals surface area contributed by atoms with Crippen LogP contribution in [0.4, 0.5) is 5.69 Å². The number of anilines is 1. The van der Waals surface area contributed by atoms with E-state index in [1.54, 1.807) is 11.0 Å². The van der Waals surface area contributed by atoms with E-state index in [-0.39, 0.29) is 24.8 Å². The van der Waals surface area contributed by atoms with Crippen LogP contribution in [0.3, 0.4) is 0 Å². The SMILES string of the molecule is C=CCCC(NC(=O)CCN1C(=O)CCc2ccccc21)C(=O)O. The van der Waals surface area contributed by atoms with E-state index in [0.29, 0.717) is 25.7 Å². The van der Waals surface area contributed by atoms with E-state index in [1.165, 1.54) is 0 Å². The minimum absolute atomic E-state index is 0.0112. The fourth-order valence-corrected chi connectivity index (χ4v) is 2.76. The van der Waals surface area contributed by atoms with Gasteiger partial charge in [-0.1, -0.05) is 24.3 Å². The fraction of sp³-hybridized carbons (Fsp3) is 0.389. The van der Waals surface area contributed by atoms with Crippen LogP contribution in [0, 0.1) is 0 Å². The lowest BCUT2D eigenvalue weighted by atomic mass is 10.0. The maximum atomic E-state index is 12.1. The Labute approximate surface area is 141 Å². The molecule has 6 nitrogen and oxygen atoms in total. The topological polar surface area (TPSA) is 86.7 Å². The Bertz CT molecular complexity index is 642. The molecule has 2 amide bonds. The average Bonchev–Trinajstić information content (AvgIpc) is 2.57. The molecule has 0 fully saturated rings. The number of para-hydroxylation sites is 1. The van der Waals surface area contributed by atoms with Gasteiger partial charge in [-0.25, -0.2) is 4.79 Å². The third-order valence-corrected chi connectivity index (χ3v) is 4.05. The van der Waals surface area contributed by atoms with Crippen LogP contribution in [0.5, 0.6) is 0 Å². The number of carboxylic acid groups (broad SMARTS) is 1. The van der Waals surface area contributed by atoms with Gasteiger partial charge in [0.2, 0.25) is 11.8 Å². The lowest BCUT2D eigenvalue weighted by molar-refractivity contribution is -0.142. The highest BCUT2D eigenvalue weighted by Gasteiger charge is 2.25. The summed E-state index contributed by atoms with van der Waals surface area (Å²) in [6, 6.07) is 6.70. The average molecular weight is 330 g/mol. The molecule has 1 unspecified atom stereocenters. The van der Waals surface area contributed by atoms with Crippen molar-refractivity contribution >= 4 is 23.5 Å². The molecule has 1 aromatic carbocycles.